The molecule has 9 heteroatoms. The molecule has 8 nitrogen and oxygen atoms in total. The second-order valence-corrected chi connectivity index (χ2v) is 11.4. The summed E-state index contributed by atoms with van der Waals surface area (Å²) in [6.07, 6.45) is 6.22. The molecule has 1 fully saturated rings. The lowest BCUT2D eigenvalue weighted by molar-refractivity contribution is 0.246. The zero-order valence-corrected chi connectivity index (χ0v) is 19.8. The molecule has 0 saturated heterocycles. The van der Waals surface area contributed by atoms with Crippen LogP contribution in [0.4, 0.5) is 11.5 Å². The lowest BCUT2D eigenvalue weighted by Crippen LogP contribution is -2.40. The van der Waals surface area contributed by atoms with Crippen molar-refractivity contribution in [2.24, 2.45) is 5.92 Å². The highest BCUT2D eigenvalue weighted by molar-refractivity contribution is 7.89. The molecule has 32 heavy (non-hydrogen) atoms. The van der Waals surface area contributed by atoms with Gasteiger partial charge in [0.2, 0.25) is 10.0 Å². The van der Waals surface area contributed by atoms with Crippen LogP contribution in [0.2, 0.25) is 0 Å². The van der Waals surface area contributed by atoms with Gasteiger partial charge >= 0.3 is 0 Å². The van der Waals surface area contributed by atoms with Gasteiger partial charge in [0.15, 0.2) is 5.82 Å². The lowest BCUT2D eigenvalue weighted by Gasteiger charge is -2.29. The van der Waals surface area contributed by atoms with Gasteiger partial charge in [0.1, 0.15) is 5.39 Å². The number of nitrogens with zero attached hydrogens (tertiary/aromatic N) is 2. The smallest absolute Gasteiger partial charge is 0.261 e. The van der Waals surface area contributed by atoms with Gasteiger partial charge in [-0.1, -0.05) is 19.8 Å². The maximum atomic E-state index is 12.6. The van der Waals surface area contributed by atoms with Gasteiger partial charge in [-0.15, -0.1) is 0 Å². The normalized spacial score (nSPS) is 19.9. The van der Waals surface area contributed by atoms with E-state index >= 15 is 0 Å². The largest absolute Gasteiger partial charge is 0.338 e. The molecule has 4 rings (SSSR count). The number of benzene rings is 1. The number of hydrogen-bond acceptors (Lipinski definition) is 5. The van der Waals surface area contributed by atoms with Crippen LogP contribution >= 0.6 is 0 Å². The number of aromatic nitrogens is 3. The van der Waals surface area contributed by atoms with Crippen LogP contribution in [-0.4, -0.2) is 28.7 Å². The molecule has 0 bridgehead atoms. The van der Waals surface area contributed by atoms with Crippen molar-refractivity contribution in [2.75, 3.05) is 5.32 Å². The van der Waals surface area contributed by atoms with Gasteiger partial charge < -0.3 is 10.3 Å². The van der Waals surface area contributed by atoms with Crippen LogP contribution in [0, 0.1) is 5.92 Å². The average Bonchev–Trinajstić information content (AvgIpc) is 3.06. The third kappa shape index (κ3) is 4.59. The van der Waals surface area contributed by atoms with Crippen LogP contribution < -0.4 is 15.6 Å². The van der Waals surface area contributed by atoms with Crippen molar-refractivity contribution in [3.05, 3.63) is 46.9 Å². The molecule has 3 N–H and O–H groups in total. The number of pyridine rings is 1. The van der Waals surface area contributed by atoms with Gasteiger partial charge in [0.25, 0.3) is 5.56 Å². The number of hydrogen-bond donors (Lipinski definition) is 3. The number of H-pyrrole nitrogens is 1. The van der Waals surface area contributed by atoms with Crippen LogP contribution in [-0.2, 0) is 10.0 Å². The summed E-state index contributed by atoms with van der Waals surface area (Å²) in [5, 5.41) is 8.53. The summed E-state index contributed by atoms with van der Waals surface area (Å²) in [5.74, 6) is 0.960. The minimum Gasteiger partial charge on any atom is -0.338 e. The first-order valence-electron chi connectivity index (χ1n) is 11.1. The molecule has 0 spiro atoms. The Morgan fingerprint density at radius 2 is 1.78 bits per heavy atom. The Hall–Kier alpha value is -2.65. The molecule has 0 aliphatic heterocycles. The summed E-state index contributed by atoms with van der Waals surface area (Å²) < 4.78 is 29.7. The van der Waals surface area contributed by atoms with E-state index < -0.39 is 15.6 Å². The van der Waals surface area contributed by atoms with E-state index in [0.29, 0.717) is 22.8 Å². The highest BCUT2D eigenvalue weighted by Gasteiger charge is 2.27. The number of nitrogens with one attached hydrogen (secondary N) is 3. The van der Waals surface area contributed by atoms with Crippen molar-refractivity contribution in [1.29, 1.82) is 0 Å². The van der Waals surface area contributed by atoms with E-state index in [0.717, 1.165) is 24.8 Å². The molecule has 0 radical (unpaired) electrons. The Balaban J connectivity index is 1.67. The standard InChI is InChI=1S/C23H31N5O3S/c1-15-7-5-6-8-18(15)28-19-13-14-24-22(29)20(19)21(26-28)25-16-9-11-17(12-10-16)32(30,31)27-23(2,3)4/h9-15,18,27H,5-8H2,1-4H3,(H,24,29)(H,25,26)/t15-,18-/m0/s1. The van der Waals surface area contributed by atoms with Crippen molar-refractivity contribution >= 4 is 32.4 Å². The first-order valence-corrected chi connectivity index (χ1v) is 12.5. The SMILES string of the molecule is C[C@H]1CCCC[C@@H]1n1nc(Nc2ccc(S(=O)(=O)NC(C)(C)C)cc2)c2c(=O)[nH]ccc21. The minimum atomic E-state index is -3.62. The van der Waals surface area contributed by atoms with Crippen LogP contribution in [0.15, 0.2) is 46.2 Å². The molecule has 1 saturated carbocycles. The van der Waals surface area contributed by atoms with Gasteiger partial charge in [0.05, 0.1) is 16.5 Å². The van der Waals surface area contributed by atoms with Crippen molar-refractivity contribution in [1.82, 2.24) is 19.5 Å². The van der Waals surface area contributed by atoms with Crippen molar-refractivity contribution in [3.8, 4) is 0 Å². The van der Waals surface area contributed by atoms with Crippen molar-refractivity contribution < 1.29 is 8.42 Å². The van der Waals surface area contributed by atoms with E-state index in [1.54, 1.807) is 51.2 Å². The molecule has 2 heterocycles. The van der Waals surface area contributed by atoms with Crippen LogP contribution in [0.3, 0.4) is 0 Å². The molecule has 1 aromatic carbocycles. The van der Waals surface area contributed by atoms with Gasteiger partial charge in [-0.25, -0.2) is 13.1 Å². The third-order valence-electron chi connectivity index (χ3n) is 5.88. The predicted molar refractivity (Wildman–Crippen MR) is 127 cm³/mol. The molecular formula is C23H31N5O3S. The minimum absolute atomic E-state index is 0.183. The van der Waals surface area contributed by atoms with Gasteiger partial charge in [0, 0.05) is 17.4 Å². The van der Waals surface area contributed by atoms with E-state index in [2.05, 4.69) is 21.9 Å². The molecule has 172 valence electrons. The number of rotatable bonds is 5. The van der Waals surface area contributed by atoms with Crippen molar-refractivity contribution in [2.45, 2.75) is 69.9 Å². The molecule has 1 aliphatic carbocycles. The molecule has 0 unspecified atom stereocenters. The number of anilines is 2. The van der Waals surface area contributed by atoms with E-state index in [1.165, 1.54) is 6.42 Å². The zero-order chi connectivity index (χ0) is 23.1. The van der Waals surface area contributed by atoms with E-state index in [-0.39, 0.29) is 16.5 Å². The van der Waals surface area contributed by atoms with Gasteiger partial charge in [-0.05, 0) is 69.9 Å². The van der Waals surface area contributed by atoms with Crippen LogP contribution in [0.25, 0.3) is 10.9 Å². The van der Waals surface area contributed by atoms with Gasteiger partial charge in [-0.3, -0.25) is 9.48 Å². The Bertz CT molecular complexity index is 1270. The number of sulfonamides is 1. The maximum Gasteiger partial charge on any atom is 0.261 e. The first-order chi connectivity index (χ1) is 15.0. The zero-order valence-electron chi connectivity index (χ0n) is 19.0. The van der Waals surface area contributed by atoms with Crippen molar-refractivity contribution in [3.63, 3.8) is 0 Å². The molecule has 2 aromatic heterocycles. The molecule has 2 atom stereocenters. The first kappa shape index (κ1) is 22.5. The predicted octanol–water partition coefficient (Wildman–Crippen LogP) is 4.30. The summed E-state index contributed by atoms with van der Waals surface area (Å²) in [4.78, 5) is 15.6. The summed E-state index contributed by atoms with van der Waals surface area (Å²) in [7, 11) is -3.62. The molecular weight excluding hydrogens is 426 g/mol. The highest BCUT2D eigenvalue weighted by Crippen LogP contribution is 2.36. The Morgan fingerprint density at radius 1 is 1.09 bits per heavy atom. The fourth-order valence-electron chi connectivity index (χ4n) is 4.42. The molecule has 0 amide bonds. The number of aromatic amines is 1. The monoisotopic (exact) mass is 457 g/mol. The fourth-order valence-corrected chi connectivity index (χ4v) is 5.83. The topological polar surface area (TPSA) is 109 Å². The Labute approximate surface area is 188 Å². The highest BCUT2D eigenvalue weighted by atomic mass is 32.2. The Morgan fingerprint density at radius 3 is 2.44 bits per heavy atom. The summed E-state index contributed by atoms with van der Waals surface area (Å²) >= 11 is 0. The summed E-state index contributed by atoms with van der Waals surface area (Å²) in [6, 6.07) is 8.60. The fraction of sp³-hybridized carbons (Fsp3) is 0.478. The second kappa shape index (κ2) is 8.37. The average molecular weight is 458 g/mol. The van der Waals surface area contributed by atoms with E-state index in [4.69, 9.17) is 5.10 Å². The summed E-state index contributed by atoms with van der Waals surface area (Å²) in [5.41, 5.74) is 0.696. The molecule has 3 aromatic rings. The number of fused-ring (bicyclic) bond motifs is 1. The van der Waals surface area contributed by atoms with E-state index in [1.807, 2.05) is 10.7 Å². The Kier molecular flexibility index (Phi) is 5.89. The molecule has 1 aliphatic rings. The quantitative estimate of drug-likeness (QED) is 0.529. The lowest BCUT2D eigenvalue weighted by atomic mass is 9.86. The third-order valence-corrected chi connectivity index (χ3v) is 7.65. The van der Waals surface area contributed by atoms with Gasteiger partial charge in [-0.2, -0.15) is 5.10 Å². The maximum absolute atomic E-state index is 12.6. The van der Waals surface area contributed by atoms with Crippen LogP contribution in [0.5, 0.6) is 0 Å². The van der Waals surface area contributed by atoms with Crippen LogP contribution in [0.1, 0.15) is 59.4 Å². The summed E-state index contributed by atoms with van der Waals surface area (Å²) in [6.45, 7) is 7.63. The van der Waals surface area contributed by atoms with E-state index in [9.17, 15) is 13.2 Å². The second-order valence-electron chi connectivity index (χ2n) is 9.69.